The van der Waals surface area contributed by atoms with Gasteiger partial charge in [0.15, 0.2) is 8.32 Å². The molecule has 2 aliphatic carbocycles. The Morgan fingerprint density at radius 1 is 1.29 bits per heavy atom. The summed E-state index contributed by atoms with van der Waals surface area (Å²) in [5.74, 6) is 1.31. The molecule has 2 aliphatic rings. The van der Waals surface area contributed by atoms with Gasteiger partial charge in [0.05, 0.1) is 11.7 Å². The molecule has 0 amide bonds. The summed E-state index contributed by atoms with van der Waals surface area (Å²) in [6.07, 6.45) is 6.41. The Hall–Kier alpha value is -0.193. The highest BCUT2D eigenvalue weighted by atomic mass is 28.4. The van der Waals surface area contributed by atoms with Gasteiger partial charge >= 0.3 is 0 Å². The molecule has 4 heteroatoms. The number of hydrogen-bond donors (Lipinski definition) is 0. The summed E-state index contributed by atoms with van der Waals surface area (Å²) in [6.45, 7) is 16.3. The quantitative estimate of drug-likeness (QED) is 0.590. The van der Waals surface area contributed by atoms with E-state index in [1.807, 2.05) is 0 Å². The van der Waals surface area contributed by atoms with Crippen LogP contribution < -0.4 is 0 Å². The summed E-state index contributed by atoms with van der Waals surface area (Å²) in [7, 11) is -1.53. The predicted octanol–water partition coefficient (Wildman–Crippen LogP) is 5.20. The highest BCUT2D eigenvalue weighted by Crippen LogP contribution is 2.55. The Morgan fingerprint density at radius 3 is 2.58 bits per heavy atom. The molecule has 2 rings (SSSR count). The molecule has 0 saturated heterocycles. The van der Waals surface area contributed by atoms with Crippen molar-refractivity contribution in [2.75, 3.05) is 6.61 Å². The molecule has 0 radical (unpaired) electrons. The van der Waals surface area contributed by atoms with Gasteiger partial charge in [0, 0.05) is 18.9 Å². The Bertz CT molecular complexity index is 454. The summed E-state index contributed by atoms with van der Waals surface area (Å²) >= 11 is 0. The van der Waals surface area contributed by atoms with Crippen LogP contribution in [0.5, 0.6) is 0 Å². The fourth-order valence-corrected chi connectivity index (χ4v) is 6.99. The second kappa shape index (κ2) is 7.20. The van der Waals surface area contributed by atoms with Crippen molar-refractivity contribution in [1.29, 1.82) is 0 Å². The van der Waals surface area contributed by atoms with Crippen molar-refractivity contribution in [3.8, 4) is 0 Å². The monoisotopic (exact) mass is 354 g/mol. The minimum atomic E-state index is -1.53. The fraction of sp³-hybridized carbons (Fsp3) is 0.950. The molecule has 0 heterocycles. The molecule has 2 saturated carbocycles. The number of rotatable bonds is 7. The zero-order chi connectivity index (χ0) is 18.2. The SMILES string of the molecule is C[C@H](OCCC(C)(C)O[Si](C)(C)C)[C@H]1CC[C@H]2C(=O)CCC[C@]12C. The molecule has 0 aromatic rings. The molecule has 2 fully saturated rings. The summed E-state index contributed by atoms with van der Waals surface area (Å²) in [5, 5.41) is 0. The normalized spacial score (nSPS) is 32.7. The molecular formula is C20H38O3Si. The molecule has 0 aliphatic heterocycles. The molecule has 3 nitrogen and oxygen atoms in total. The number of fused-ring (bicyclic) bond motifs is 1. The standard InChI is InChI=1S/C20H38O3Si/c1-15(22-14-13-19(2,3)23-24(5,6)7)16-10-11-17-18(21)9-8-12-20(16,17)4/h15-17H,8-14H2,1-7H3/t15-,16+,17-,20+/m0/s1. The van der Waals surface area contributed by atoms with Gasteiger partial charge in [-0.05, 0) is 83.8 Å². The number of carbonyl (C=O) groups excluding carboxylic acids is 1. The maximum Gasteiger partial charge on any atom is 0.184 e. The second-order valence-electron chi connectivity index (χ2n) is 9.86. The number of hydrogen-bond acceptors (Lipinski definition) is 3. The van der Waals surface area contributed by atoms with Crippen molar-refractivity contribution in [3.63, 3.8) is 0 Å². The first-order valence-corrected chi connectivity index (χ1v) is 13.2. The van der Waals surface area contributed by atoms with Crippen LogP contribution in [0.3, 0.4) is 0 Å². The van der Waals surface area contributed by atoms with E-state index in [4.69, 9.17) is 9.16 Å². The average Bonchev–Trinajstić information content (AvgIpc) is 2.74. The minimum absolute atomic E-state index is 0.118. The lowest BCUT2D eigenvalue weighted by molar-refractivity contribution is -0.131. The first-order chi connectivity index (χ1) is 10.9. The van der Waals surface area contributed by atoms with Crippen molar-refractivity contribution in [1.82, 2.24) is 0 Å². The zero-order valence-corrected chi connectivity index (χ0v) is 17.9. The van der Waals surface area contributed by atoms with Crippen LogP contribution in [0.15, 0.2) is 0 Å². The topological polar surface area (TPSA) is 35.5 Å². The number of ketones is 1. The molecule has 140 valence electrons. The smallest absolute Gasteiger partial charge is 0.184 e. The van der Waals surface area contributed by atoms with Gasteiger partial charge in [-0.25, -0.2) is 0 Å². The molecule has 0 spiro atoms. The molecule has 0 bridgehead atoms. The van der Waals surface area contributed by atoms with E-state index in [1.54, 1.807) is 0 Å². The molecule has 0 unspecified atom stereocenters. The zero-order valence-electron chi connectivity index (χ0n) is 16.9. The van der Waals surface area contributed by atoms with Gasteiger partial charge in [-0.1, -0.05) is 6.92 Å². The van der Waals surface area contributed by atoms with Gasteiger partial charge < -0.3 is 9.16 Å². The van der Waals surface area contributed by atoms with Crippen molar-refractivity contribution in [3.05, 3.63) is 0 Å². The van der Waals surface area contributed by atoms with Gasteiger partial charge in [-0.3, -0.25) is 4.79 Å². The maximum atomic E-state index is 12.3. The molecule has 24 heavy (non-hydrogen) atoms. The van der Waals surface area contributed by atoms with E-state index in [2.05, 4.69) is 47.3 Å². The lowest BCUT2D eigenvalue weighted by atomic mass is 9.64. The van der Waals surface area contributed by atoms with Gasteiger partial charge in [-0.15, -0.1) is 0 Å². The van der Waals surface area contributed by atoms with E-state index in [0.717, 1.165) is 38.7 Å². The van der Waals surface area contributed by atoms with Crippen LogP contribution in [0.4, 0.5) is 0 Å². The van der Waals surface area contributed by atoms with Crippen LogP contribution >= 0.6 is 0 Å². The summed E-state index contributed by atoms with van der Waals surface area (Å²) < 4.78 is 12.5. The van der Waals surface area contributed by atoms with Crippen LogP contribution in [0.1, 0.15) is 66.2 Å². The Kier molecular flexibility index (Phi) is 6.04. The largest absolute Gasteiger partial charge is 0.413 e. The molecule has 0 aromatic heterocycles. The van der Waals surface area contributed by atoms with Gasteiger partial charge in [0.2, 0.25) is 0 Å². The summed E-state index contributed by atoms with van der Waals surface area (Å²) in [6, 6.07) is 0. The Labute approximate surface area is 150 Å². The van der Waals surface area contributed by atoms with E-state index in [-0.39, 0.29) is 23.0 Å². The summed E-state index contributed by atoms with van der Waals surface area (Å²) in [4.78, 5) is 12.3. The minimum Gasteiger partial charge on any atom is -0.413 e. The van der Waals surface area contributed by atoms with Crippen molar-refractivity contribution in [2.45, 2.75) is 97.6 Å². The lowest BCUT2D eigenvalue weighted by Crippen LogP contribution is -2.42. The first-order valence-electron chi connectivity index (χ1n) is 9.79. The van der Waals surface area contributed by atoms with Gasteiger partial charge in [0.25, 0.3) is 0 Å². The van der Waals surface area contributed by atoms with Crippen LogP contribution in [0.2, 0.25) is 19.6 Å². The van der Waals surface area contributed by atoms with Crippen LogP contribution in [0, 0.1) is 17.3 Å². The van der Waals surface area contributed by atoms with Crippen molar-refractivity contribution < 1.29 is 14.0 Å². The molecule has 0 N–H and O–H groups in total. The third-order valence-electron chi connectivity index (χ3n) is 6.17. The van der Waals surface area contributed by atoms with E-state index >= 15 is 0 Å². The molecule has 4 atom stereocenters. The Balaban J connectivity index is 1.87. The van der Waals surface area contributed by atoms with Crippen LogP contribution in [-0.2, 0) is 14.0 Å². The molecule has 0 aromatic carbocycles. The van der Waals surface area contributed by atoms with E-state index in [1.165, 1.54) is 6.42 Å². The third-order valence-corrected chi connectivity index (χ3v) is 7.34. The number of Topliss-reactive ketones (excluding diaryl/α,β-unsaturated/α-hetero) is 1. The van der Waals surface area contributed by atoms with E-state index < -0.39 is 8.32 Å². The van der Waals surface area contributed by atoms with Crippen LogP contribution in [-0.4, -0.2) is 32.4 Å². The average molecular weight is 355 g/mol. The second-order valence-corrected chi connectivity index (χ2v) is 14.3. The first kappa shape index (κ1) is 20.1. The number of carbonyl (C=O) groups is 1. The van der Waals surface area contributed by atoms with Crippen molar-refractivity contribution in [2.24, 2.45) is 17.3 Å². The summed E-state index contributed by atoms with van der Waals surface area (Å²) in [5.41, 5.74) is 0.0478. The fourth-order valence-electron chi connectivity index (χ4n) is 5.23. The third kappa shape index (κ3) is 4.70. The van der Waals surface area contributed by atoms with Crippen LogP contribution in [0.25, 0.3) is 0 Å². The Morgan fingerprint density at radius 2 is 1.96 bits per heavy atom. The van der Waals surface area contributed by atoms with Gasteiger partial charge in [-0.2, -0.15) is 0 Å². The lowest BCUT2D eigenvalue weighted by Gasteiger charge is -2.42. The van der Waals surface area contributed by atoms with Crippen molar-refractivity contribution >= 4 is 14.1 Å². The van der Waals surface area contributed by atoms with E-state index in [0.29, 0.717) is 11.7 Å². The maximum absolute atomic E-state index is 12.3. The predicted molar refractivity (Wildman–Crippen MR) is 102 cm³/mol. The highest BCUT2D eigenvalue weighted by molar-refractivity contribution is 6.69. The molecular weight excluding hydrogens is 316 g/mol. The highest BCUT2D eigenvalue weighted by Gasteiger charge is 2.52. The van der Waals surface area contributed by atoms with E-state index in [9.17, 15) is 4.79 Å². The van der Waals surface area contributed by atoms with Gasteiger partial charge in [0.1, 0.15) is 5.78 Å². The number of ether oxygens (including phenoxy) is 1.